The topological polar surface area (TPSA) is 107 Å². The molecule has 33 heavy (non-hydrogen) atoms. The Morgan fingerprint density at radius 1 is 1.09 bits per heavy atom. The number of methoxy groups -OCH3 is 3. The lowest BCUT2D eigenvalue weighted by atomic mass is 9.87. The van der Waals surface area contributed by atoms with Crippen molar-refractivity contribution in [2.24, 2.45) is 0 Å². The van der Waals surface area contributed by atoms with Crippen molar-refractivity contribution in [1.82, 2.24) is 5.32 Å². The molecule has 2 aromatic rings. The standard InChI is InChI=1S/C25H33NO7/c1-15-13-19(27)22(25(29)33-15)18(14-21(28)26-16-9-7-5-6-8-10-16)17-11-12-20(30-2)24(32-4)23(17)31-3/h11-13,16,18,27H,5-10,14H2,1-4H3,(H,26,28)/t18-/m0/s1. The van der Waals surface area contributed by atoms with Crippen LogP contribution in [0, 0.1) is 6.92 Å². The molecule has 1 aliphatic carbocycles. The maximum Gasteiger partial charge on any atom is 0.343 e. The van der Waals surface area contributed by atoms with Crippen LogP contribution in [-0.4, -0.2) is 38.4 Å². The molecule has 0 saturated heterocycles. The van der Waals surface area contributed by atoms with Crippen molar-refractivity contribution in [3.63, 3.8) is 0 Å². The first kappa shape index (κ1) is 24.5. The van der Waals surface area contributed by atoms with Gasteiger partial charge in [-0.25, -0.2) is 4.79 Å². The number of rotatable bonds is 8. The van der Waals surface area contributed by atoms with E-state index in [0.717, 1.165) is 25.7 Å². The van der Waals surface area contributed by atoms with E-state index < -0.39 is 11.5 Å². The fraction of sp³-hybridized carbons (Fsp3) is 0.520. The van der Waals surface area contributed by atoms with Crippen LogP contribution in [0.15, 0.2) is 27.4 Å². The van der Waals surface area contributed by atoms with Crippen molar-refractivity contribution in [3.05, 3.63) is 45.5 Å². The Hall–Kier alpha value is -3.16. The summed E-state index contributed by atoms with van der Waals surface area (Å²) < 4.78 is 21.7. The maximum atomic E-state index is 13.1. The summed E-state index contributed by atoms with van der Waals surface area (Å²) in [5, 5.41) is 13.8. The molecule has 8 heteroatoms. The van der Waals surface area contributed by atoms with Crippen molar-refractivity contribution >= 4 is 5.91 Å². The van der Waals surface area contributed by atoms with E-state index in [1.807, 2.05) is 0 Å². The average Bonchev–Trinajstić information content (AvgIpc) is 3.05. The fourth-order valence-electron chi connectivity index (χ4n) is 4.59. The summed E-state index contributed by atoms with van der Waals surface area (Å²) >= 11 is 0. The molecule has 1 aromatic heterocycles. The number of aromatic hydroxyl groups is 1. The highest BCUT2D eigenvalue weighted by Crippen LogP contribution is 2.45. The molecule has 1 aromatic carbocycles. The maximum absolute atomic E-state index is 13.1. The number of hydrogen-bond donors (Lipinski definition) is 2. The minimum atomic E-state index is -0.817. The van der Waals surface area contributed by atoms with E-state index in [1.165, 1.54) is 40.2 Å². The van der Waals surface area contributed by atoms with Crippen molar-refractivity contribution in [2.45, 2.75) is 63.8 Å². The van der Waals surface area contributed by atoms with E-state index in [9.17, 15) is 14.7 Å². The van der Waals surface area contributed by atoms with E-state index in [1.54, 1.807) is 19.1 Å². The number of carbonyl (C=O) groups is 1. The number of amides is 1. The molecule has 3 rings (SSSR count). The van der Waals surface area contributed by atoms with Gasteiger partial charge < -0.3 is 29.1 Å². The molecule has 1 atom stereocenters. The Morgan fingerprint density at radius 2 is 1.76 bits per heavy atom. The number of hydrogen-bond acceptors (Lipinski definition) is 7. The number of carbonyl (C=O) groups excluding carboxylic acids is 1. The van der Waals surface area contributed by atoms with Gasteiger partial charge in [0.25, 0.3) is 0 Å². The molecule has 0 bridgehead atoms. The normalized spacial score (nSPS) is 15.4. The van der Waals surface area contributed by atoms with Crippen molar-refractivity contribution in [1.29, 1.82) is 0 Å². The highest BCUT2D eigenvalue weighted by molar-refractivity contribution is 5.78. The molecule has 0 aliphatic heterocycles. The van der Waals surface area contributed by atoms with Crippen LogP contribution in [0.1, 0.15) is 67.8 Å². The molecule has 0 spiro atoms. The van der Waals surface area contributed by atoms with Gasteiger partial charge >= 0.3 is 5.63 Å². The highest BCUT2D eigenvalue weighted by Gasteiger charge is 2.31. The fourth-order valence-corrected chi connectivity index (χ4v) is 4.59. The molecule has 1 fully saturated rings. The third kappa shape index (κ3) is 5.61. The Labute approximate surface area is 193 Å². The lowest BCUT2D eigenvalue weighted by molar-refractivity contribution is -0.122. The third-order valence-corrected chi connectivity index (χ3v) is 6.16. The molecular formula is C25H33NO7. The molecule has 1 amide bonds. The predicted octanol–water partition coefficient (Wildman–Crippen LogP) is 4.04. The molecule has 1 aliphatic rings. The molecular weight excluding hydrogens is 426 g/mol. The van der Waals surface area contributed by atoms with Gasteiger partial charge in [-0.15, -0.1) is 0 Å². The Morgan fingerprint density at radius 3 is 2.33 bits per heavy atom. The van der Waals surface area contributed by atoms with Crippen LogP contribution < -0.4 is 25.2 Å². The van der Waals surface area contributed by atoms with E-state index in [2.05, 4.69) is 5.32 Å². The smallest absolute Gasteiger partial charge is 0.343 e. The number of ether oxygens (including phenoxy) is 3. The minimum Gasteiger partial charge on any atom is -0.507 e. The predicted molar refractivity (Wildman–Crippen MR) is 124 cm³/mol. The van der Waals surface area contributed by atoms with E-state index in [-0.39, 0.29) is 35.4 Å². The second kappa shape index (κ2) is 11.1. The van der Waals surface area contributed by atoms with Crippen molar-refractivity contribution in [2.75, 3.05) is 21.3 Å². The summed E-state index contributed by atoms with van der Waals surface area (Å²) in [7, 11) is 4.46. The Bertz CT molecular complexity index is 1020. The quantitative estimate of drug-likeness (QED) is 0.574. The third-order valence-electron chi connectivity index (χ3n) is 6.16. The molecule has 180 valence electrons. The van der Waals surface area contributed by atoms with Crippen LogP contribution in [0.2, 0.25) is 0 Å². The first-order chi connectivity index (χ1) is 15.9. The van der Waals surface area contributed by atoms with E-state index >= 15 is 0 Å². The van der Waals surface area contributed by atoms with Gasteiger partial charge in [0.15, 0.2) is 11.5 Å². The van der Waals surface area contributed by atoms with Gasteiger partial charge in [0.2, 0.25) is 11.7 Å². The molecule has 1 heterocycles. The van der Waals surface area contributed by atoms with Crippen LogP contribution in [0.4, 0.5) is 0 Å². The minimum absolute atomic E-state index is 0.00198. The lowest BCUT2D eigenvalue weighted by Gasteiger charge is -2.24. The average molecular weight is 460 g/mol. The highest BCUT2D eigenvalue weighted by atomic mass is 16.5. The molecule has 2 N–H and O–H groups in total. The molecule has 8 nitrogen and oxygen atoms in total. The van der Waals surface area contributed by atoms with Crippen molar-refractivity contribution < 1.29 is 28.5 Å². The summed E-state index contributed by atoms with van der Waals surface area (Å²) in [5.41, 5.74) is -0.184. The van der Waals surface area contributed by atoms with Crippen LogP contribution in [0.5, 0.6) is 23.0 Å². The largest absolute Gasteiger partial charge is 0.507 e. The SMILES string of the molecule is COc1ccc([C@H](CC(=O)NC2CCCCCC2)c2c(O)cc(C)oc2=O)c(OC)c1OC. The Balaban J connectivity index is 2.05. The number of benzene rings is 1. The first-order valence-corrected chi connectivity index (χ1v) is 11.3. The number of nitrogens with one attached hydrogen (secondary N) is 1. The van der Waals surface area contributed by atoms with Gasteiger partial charge in [-0.1, -0.05) is 31.7 Å². The van der Waals surface area contributed by atoms with Gasteiger partial charge in [0.05, 0.1) is 26.9 Å². The second-order valence-electron chi connectivity index (χ2n) is 8.38. The number of aryl methyl sites for hydroxylation is 1. The summed E-state index contributed by atoms with van der Waals surface area (Å²) in [6, 6.07) is 4.87. The molecule has 0 radical (unpaired) electrons. The second-order valence-corrected chi connectivity index (χ2v) is 8.38. The lowest BCUT2D eigenvalue weighted by Crippen LogP contribution is -2.35. The van der Waals surface area contributed by atoms with E-state index in [0.29, 0.717) is 22.8 Å². The van der Waals surface area contributed by atoms with Crippen LogP contribution in [0.25, 0.3) is 0 Å². The van der Waals surface area contributed by atoms with Crippen LogP contribution in [-0.2, 0) is 4.79 Å². The van der Waals surface area contributed by atoms with Gasteiger partial charge in [-0.2, -0.15) is 0 Å². The van der Waals surface area contributed by atoms with Gasteiger partial charge in [-0.05, 0) is 25.8 Å². The summed E-state index contributed by atoms with van der Waals surface area (Å²) in [5.74, 6) is 0.131. The molecule has 1 saturated carbocycles. The first-order valence-electron chi connectivity index (χ1n) is 11.3. The molecule has 0 unspecified atom stereocenters. The summed E-state index contributed by atoms with van der Waals surface area (Å²) in [6.07, 6.45) is 6.33. The van der Waals surface area contributed by atoms with Crippen LogP contribution in [0.3, 0.4) is 0 Å². The van der Waals surface area contributed by atoms with Gasteiger partial charge in [-0.3, -0.25) is 4.79 Å². The van der Waals surface area contributed by atoms with Crippen LogP contribution >= 0.6 is 0 Å². The zero-order chi connectivity index (χ0) is 24.0. The monoisotopic (exact) mass is 459 g/mol. The summed E-state index contributed by atoms with van der Waals surface area (Å²) in [6.45, 7) is 1.58. The van der Waals surface area contributed by atoms with Crippen molar-refractivity contribution in [3.8, 4) is 23.0 Å². The van der Waals surface area contributed by atoms with E-state index in [4.69, 9.17) is 18.6 Å². The van der Waals surface area contributed by atoms with Gasteiger partial charge in [0, 0.05) is 30.0 Å². The summed E-state index contributed by atoms with van der Waals surface area (Å²) in [4.78, 5) is 25.9. The van der Waals surface area contributed by atoms with Gasteiger partial charge in [0.1, 0.15) is 11.5 Å². The Kier molecular flexibility index (Phi) is 8.25. The zero-order valence-electron chi connectivity index (χ0n) is 19.7. The zero-order valence-corrected chi connectivity index (χ0v) is 19.7.